The van der Waals surface area contributed by atoms with E-state index in [1.54, 1.807) is 6.92 Å². The van der Waals surface area contributed by atoms with Crippen LogP contribution in [0.3, 0.4) is 0 Å². The first-order valence-corrected chi connectivity index (χ1v) is 10.5. The topological polar surface area (TPSA) is 102 Å². The van der Waals surface area contributed by atoms with Crippen molar-refractivity contribution in [3.05, 3.63) is 82.7 Å². The molecule has 0 saturated heterocycles. The van der Waals surface area contributed by atoms with E-state index in [-0.39, 0.29) is 6.61 Å². The molecule has 1 aromatic heterocycles. The van der Waals surface area contributed by atoms with Crippen LogP contribution < -0.4 is 10.7 Å². The number of hydrazone groups is 1. The summed E-state index contributed by atoms with van der Waals surface area (Å²) in [6.07, 6.45) is 1.51. The minimum atomic E-state index is -0.909. The first kappa shape index (κ1) is 23.5. The van der Waals surface area contributed by atoms with Gasteiger partial charge in [-0.05, 0) is 75.7 Å². The fraction of sp³-hybridized carbons (Fsp3) is 0.200. The number of aryl methyl sites for hydroxylation is 2. The Hall–Kier alpha value is -4.20. The first-order chi connectivity index (χ1) is 15.8. The molecule has 1 heterocycles. The van der Waals surface area contributed by atoms with Crippen molar-refractivity contribution in [2.24, 2.45) is 5.10 Å². The van der Waals surface area contributed by atoms with Crippen LogP contribution in [0.5, 0.6) is 0 Å². The molecule has 0 aliphatic carbocycles. The summed E-state index contributed by atoms with van der Waals surface area (Å²) in [5.74, 6) is -2.24. The lowest BCUT2D eigenvalue weighted by atomic mass is 10.2. The number of benzene rings is 2. The standard InChI is InChI=1S/C25H26N4O4/c1-5-33-25(32)19-9-11-21(12-10-19)27-23(30)24(31)28-26-15-20-14-17(3)29(18(20)4)22-8-6-7-16(2)13-22/h6-15H,5H2,1-4H3,(H,27,30)(H,28,31)/b26-15-. The highest BCUT2D eigenvalue weighted by Crippen LogP contribution is 2.20. The van der Waals surface area contributed by atoms with Crippen molar-refractivity contribution in [3.8, 4) is 5.69 Å². The predicted octanol–water partition coefficient (Wildman–Crippen LogP) is 3.67. The van der Waals surface area contributed by atoms with Gasteiger partial charge < -0.3 is 14.6 Å². The summed E-state index contributed by atoms with van der Waals surface area (Å²) in [6, 6.07) is 16.2. The Bertz CT molecular complexity index is 1210. The van der Waals surface area contributed by atoms with Crippen LogP contribution in [0.25, 0.3) is 5.69 Å². The molecule has 33 heavy (non-hydrogen) atoms. The average molecular weight is 447 g/mol. The smallest absolute Gasteiger partial charge is 0.338 e. The van der Waals surface area contributed by atoms with E-state index in [0.717, 1.165) is 28.2 Å². The Kier molecular flexibility index (Phi) is 7.40. The molecular formula is C25H26N4O4. The van der Waals surface area contributed by atoms with Crippen LogP contribution in [0.2, 0.25) is 0 Å². The number of anilines is 1. The summed E-state index contributed by atoms with van der Waals surface area (Å²) in [7, 11) is 0. The summed E-state index contributed by atoms with van der Waals surface area (Å²) < 4.78 is 7.01. The summed E-state index contributed by atoms with van der Waals surface area (Å²) >= 11 is 0. The zero-order valence-corrected chi connectivity index (χ0v) is 19.0. The molecule has 0 atom stereocenters. The minimum absolute atomic E-state index is 0.272. The molecule has 0 aliphatic rings. The third kappa shape index (κ3) is 5.74. The van der Waals surface area contributed by atoms with Crippen LogP contribution in [-0.4, -0.2) is 35.2 Å². The molecule has 2 aromatic carbocycles. The number of hydrogen-bond acceptors (Lipinski definition) is 5. The van der Waals surface area contributed by atoms with E-state index in [4.69, 9.17) is 4.74 Å². The lowest BCUT2D eigenvalue weighted by Gasteiger charge is -2.10. The molecule has 2 N–H and O–H groups in total. The molecule has 0 radical (unpaired) electrons. The number of esters is 1. The number of rotatable bonds is 6. The molecule has 0 aliphatic heterocycles. The van der Waals surface area contributed by atoms with E-state index in [1.807, 2.05) is 45.0 Å². The highest BCUT2D eigenvalue weighted by molar-refractivity contribution is 6.39. The molecule has 0 saturated carbocycles. The predicted molar refractivity (Wildman–Crippen MR) is 127 cm³/mol. The van der Waals surface area contributed by atoms with Crippen LogP contribution >= 0.6 is 0 Å². The molecule has 0 bridgehead atoms. The van der Waals surface area contributed by atoms with Crippen LogP contribution in [0.15, 0.2) is 59.7 Å². The summed E-state index contributed by atoms with van der Waals surface area (Å²) in [6.45, 7) is 7.98. The van der Waals surface area contributed by atoms with E-state index in [2.05, 4.69) is 26.5 Å². The van der Waals surface area contributed by atoms with E-state index < -0.39 is 17.8 Å². The fourth-order valence-corrected chi connectivity index (χ4v) is 3.39. The second-order valence-corrected chi connectivity index (χ2v) is 7.45. The van der Waals surface area contributed by atoms with Crippen molar-refractivity contribution in [3.63, 3.8) is 0 Å². The van der Waals surface area contributed by atoms with Crippen molar-refractivity contribution in [2.75, 3.05) is 11.9 Å². The van der Waals surface area contributed by atoms with Gasteiger partial charge in [-0.15, -0.1) is 0 Å². The number of hydrogen-bond donors (Lipinski definition) is 2. The number of aromatic nitrogens is 1. The highest BCUT2D eigenvalue weighted by Gasteiger charge is 2.14. The van der Waals surface area contributed by atoms with Crippen molar-refractivity contribution >= 4 is 29.7 Å². The van der Waals surface area contributed by atoms with Gasteiger partial charge in [-0.3, -0.25) is 9.59 Å². The average Bonchev–Trinajstić information content (AvgIpc) is 3.07. The Morgan fingerprint density at radius 2 is 1.73 bits per heavy atom. The van der Waals surface area contributed by atoms with E-state index in [9.17, 15) is 14.4 Å². The zero-order chi connectivity index (χ0) is 24.0. The van der Waals surface area contributed by atoms with Gasteiger partial charge >= 0.3 is 17.8 Å². The van der Waals surface area contributed by atoms with Gasteiger partial charge in [0.15, 0.2) is 0 Å². The van der Waals surface area contributed by atoms with Crippen LogP contribution in [0.1, 0.15) is 39.8 Å². The Morgan fingerprint density at radius 1 is 1.00 bits per heavy atom. The molecule has 2 amide bonds. The van der Waals surface area contributed by atoms with E-state index in [0.29, 0.717) is 11.3 Å². The summed E-state index contributed by atoms with van der Waals surface area (Å²) in [5.41, 5.74) is 7.97. The van der Waals surface area contributed by atoms with Gasteiger partial charge in [-0.1, -0.05) is 12.1 Å². The third-order valence-corrected chi connectivity index (χ3v) is 4.96. The molecule has 3 aromatic rings. The largest absolute Gasteiger partial charge is 0.462 e. The van der Waals surface area contributed by atoms with Gasteiger partial charge in [-0.25, -0.2) is 10.2 Å². The highest BCUT2D eigenvalue weighted by atomic mass is 16.5. The summed E-state index contributed by atoms with van der Waals surface area (Å²) in [5, 5.41) is 6.39. The lowest BCUT2D eigenvalue weighted by Crippen LogP contribution is -2.32. The van der Waals surface area contributed by atoms with Gasteiger partial charge in [0.1, 0.15) is 0 Å². The molecular weight excluding hydrogens is 420 g/mol. The maximum absolute atomic E-state index is 12.1. The number of carbonyl (C=O) groups is 3. The molecule has 8 nitrogen and oxygen atoms in total. The lowest BCUT2D eigenvalue weighted by molar-refractivity contribution is -0.136. The second-order valence-electron chi connectivity index (χ2n) is 7.45. The quantitative estimate of drug-likeness (QED) is 0.261. The number of nitrogens with zero attached hydrogens (tertiary/aromatic N) is 2. The zero-order valence-electron chi connectivity index (χ0n) is 19.0. The number of amides is 2. The minimum Gasteiger partial charge on any atom is -0.462 e. The van der Waals surface area contributed by atoms with Crippen molar-refractivity contribution < 1.29 is 19.1 Å². The molecule has 3 rings (SSSR count). The van der Waals surface area contributed by atoms with E-state index >= 15 is 0 Å². The van der Waals surface area contributed by atoms with Gasteiger partial charge in [0.2, 0.25) is 0 Å². The van der Waals surface area contributed by atoms with Crippen molar-refractivity contribution in [1.29, 1.82) is 0 Å². The molecule has 0 fully saturated rings. The first-order valence-electron chi connectivity index (χ1n) is 10.5. The van der Waals surface area contributed by atoms with Crippen LogP contribution in [0.4, 0.5) is 5.69 Å². The van der Waals surface area contributed by atoms with E-state index in [1.165, 1.54) is 30.5 Å². The Labute approximate surface area is 192 Å². The number of nitrogens with one attached hydrogen (secondary N) is 2. The maximum atomic E-state index is 12.1. The normalized spacial score (nSPS) is 10.8. The Balaban J connectivity index is 1.61. The third-order valence-electron chi connectivity index (χ3n) is 4.96. The van der Waals surface area contributed by atoms with Gasteiger partial charge in [0.05, 0.1) is 18.4 Å². The second kappa shape index (κ2) is 10.4. The molecule has 8 heteroatoms. The molecule has 0 spiro atoms. The number of ether oxygens (including phenoxy) is 1. The van der Waals surface area contributed by atoms with Crippen LogP contribution in [0, 0.1) is 20.8 Å². The van der Waals surface area contributed by atoms with Crippen molar-refractivity contribution in [2.45, 2.75) is 27.7 Å². The van der Waals surface area contributed by atoms with Gasteiger partial charge in [0, 0.05) is 28.3 Å². The summed E-state index contributed by atoms with van der Waals surface area (Å²) in [4.78, 5) is 35.9. The fourth-order valence-electron chi connectivity index (χ4n) is 3.39. The van der Waals surface area contributed by atoms with Gasteiger partial charge in [-0.2, -0.15) is 5.10 Å². The number of carbonyl (C=O) groups excluding carboxylic acids is 3. The Morgan fingerprint density at radius 3 is 2.39 bits per heavy atom. The maximum Gasteiger partial charge on any atom is 0.338 e. The molecule has 0 unspecified atom stereocenters. The molecule has 170 valence electrons. The van der Waals surface area contributed by atoms with Crippen molar-refractivity contribution in [1.82, 2.24) is 9.99 Å². The van der Waals surface area contributed by atoms with Crippen LogP contribution in [-0.2, 0) is 14.3 Å². The van der Waals surface area contributed by atoms with Gasteiger partial charge in [0.25, 0.3) is 0 Å². The monoisotopic (exact) mass is 446 g/mol. The SMILES string of the molecule is CCOC(=O)c1ccc(NC(=O)C(=O)N/N=C\c2cc(C)n(-c3cccc(C)c3)c2C)cc1.